The summed E-state index contributed by atoms with van der Waals surface area (Å²) in [6.45, 7) is 0. The molecule has 2 amide bonds. The Morgan fingerprint density at radius 1 is 0.906 bits per heavy atom. The van der Waals surface area contributed by atoms with Crippen LogP contribution in [0, 0.1) is 0 Å². The molecule has 1 aromatic heterocycles. The van der Waals surface area contributed by atoms with Crippen LogP contribution >= 0.6 is 0 Å². The molecule has 8 nitrogen and oxygen atoms in total. The van der Waals surface area contributed by atoms with Gasteiger partial charge >= 0.3 is 0 Å². The molecule has 1 atom stereocenters. The number of amides is 2. The van der Waals surface area contributed by atoms with Crippen molar-refractivity contribution in [3.8, 4) is 11.6 Å². The maximum atomic E-state index is 12.9. The van der Waals surface area contributed by atoms with E-state index in [1.165, 1.54) is 12.1 Å². The van der Waals surface area contributed by atoms with Crippen LogP contribution in [0.1, 0.15) is 15.9 Å². The fourth-order valence-electron chi connectivity index (χ4n) is 3.28. The van der Waals surface area contributed by atoms with Crippen LogP contribution in [-0.2, 0) is 11.2 Å². The second kappa shape index (κ2) is 9.13. The number of phenols is 1. The second-order valence-electron chi connectivity index (χ2n) is 7.17. The highest BCUT2D eigenvalue weighted by Gasteiger charge is 2.22. The average molecular weight is 428 g/mol. The van der Waals surface area contributed by atoms with Crippen molar-refractivity contribution in [3.05, 3.63) is 90.0 Å². The number of hydrogen-bond donors (Lipinski definition) is 4. The lowest BCUT2D eigenvalue weighted by Gasteiger charge is -2.15. The predicted molar refractivity (Wildman–Crippen MR) is 119 cm³/mol. The molecule has 32 heavy (non-hydrogen) atoms. The average Bonchev–Trinajstić information content (AvgIpc) is 3.13. The normalized spacial score (nSPS) is 12.1. The Morgan fingerprint density at radius 3 is 2.34 bits per heavy atom. The molecule has 0 aliphatic heterocycles. The number of carbonyl (C=O) groups is 2. The Kier molecular flexibility index (Phi) is 5.94. The molecule has 0 fully saturated rings. The number of phenolic OH excluding ortho intramolecular Hbond substituents is 1. The molecule has 1 unspecified atom stereocenters. The second-order valence-corrected chi connectivity index (χ2v) is 7.17. The summed E-state index contributed by atoms with van der Waals surface area (Å²) in [5, 5.41) is 30.7. The van der Waals surface area contributed by atoms with Crippen LogP contribution in [0.3, 0.4) is 0 Å². The Balaban J connectivity index is 1.59. The zero-order chi connectivity index (χ0) is 22.5. The van der Waals surface area contributed by atoms with Crippen LogP contribution in [0.2, 0.25) is 0 Å². The van der Waals surface area contributed by atoms with Crippen LogP contribution in [0.15, 0.2) is 89.1 Å². The van der Waals surface area contributed by atoms with Gasteiger partial charge in [0.15, 0.2) is 5.69 Å². The van der Waals surface area contributed by atoms with Crippen LogP contribution in [0.5, 0.6) is 11.6 Å². The first-order chi connectivity index (χ1) is 15.5. The number of hydrogen-bond acceptors (Lipinski definition) is 5. The van der Waals surface area contributed by atoms with E-state index in [1.54, 1.807) is 66.7 Å². The minimum Gasteiger partial charge on any atom is -0.508 e. The van der Waals surface area contributed by atoms with Crippen molar-refractivity contribution >= 4 is 28.4 Å². The topological polar surface area (TPSA) is 127 Å². The van der Waals surface area contributed by atoms with E-state index in [1.807, 2.05) is 0 Å². The van der Waals surface area contributed by atoms with Gasteiger partial charge in [-0.2, -0.15) is 0 Å². The zero-order valence-corrected chi connectivity index (χ0v) is 16.9. The lowest BCUT2D eigenvalue weighted by atomic mass is 10.0. The molecule has 4 N–H and O–H groups in total. The van der Waals surface area contributed by atoms with E-state index in [9.17, 15) is 19.8 Å². The van der Waals surface area contributed by atoms with Gasteiger partial charge in [0.25, 0.3) is 11.8 Å². The number of nitrogens with zero attached hydrogens (tertiary/aromatic N) is 2. The summed E-state index contributed by atoms with van der Waals surface area (Å²) in [5.74, 6) is -1.20. The van der Waals surface area contributed by atoms with Crippen molar-refractivity contribution in [1.82, 2.24) is 10.3 Å². The van der Waals surface area contributed by atoms with Gasteiger partial charge in [-0.25, -0.2) is 0 Å². The first-order valence-electron chi connectivity index (χ1n) is 9.90. The fourth-order valence-corrected chi connectivity index (χ4v) is 3.28. The Bertz CT molecular complexity index is 1280. The molecular weight excluding hydrogens is 408 g/mol. The highest BCUT2D eigenvalue weighted by Crippen LogP contribution is 2.35. The van der Waals surface area contributed by atoms with E-state index in [-0.39, 0.29) is 23.7 Å². The van der Waals surface area contributed by atoms with Crippen molar-refractivity contribution in [2.45, 2.75) is 12.5 Å². The number of fused-ring (bicyclic) bond motifs is 1. The smallest absolute Gasteiger partial charge is 0.287 e. The van der Waals surface area contributed by atoms with Crippen LogP contribution in [0.25, 0.3) is 10.9 Å². The first-order valence-corrected chi connectivity index (χ1v) is 9.90. The maximum absolute atomic E-state index is 12.9. The molecule has 4 aromatic rings. The zero-order valence-electron chi connectivity index (χ0n) is 16.9. The van der Waals surface area contributed by atoms with E-state index in [0.29, 0.717) is 16.5 Å². The number of azo groups is 1. The fraction of sp³-hybridized carbons (Fsp3) is 0.0833. The van der Waals surface area contributed by atoms with Gasteiger partial charge in [-0.3, -0.25) is 9.59 Å². The van der Waals surface area contributed by atoms with Gasteiger partial charge in [0.1, 0.15) is 11.8 Å². The number of H-pyrrole nitrogens is 1. The molecule has 3 aromatic carbocycles. The summed E-state index contributed by atoms with van der Waals surface area (Å²) in [6, 6.07) is 21.0. The number of carbonyl (C=O) groups excluding carboxylic acids is 2. The molecule has 4 rings (SSSR count). The minimum absolute atomic E-state index is 0.0967. The van der Waals surface area contributed by atoms with Gasteiger partial charge in [0.2, 0.25) is 5.88 Å². The number of nitrogens with one attached hydrogen (secondary N) is 2. The molecule has 160 valence electrons. The standard InChI is InChI=1S/C24H20N4O4/c29-17-12-10-15(11-13-17)14-20(26-22(30)16-6-2-1-3-7-16)23(31)28-27-21-18-8-4-5-9-19(18)25-24(21)32/h1-13,20,25,29,32H,14H2,(H,26,30). The number of aromatic amines is 1. The summed E-state index contributed by atoms with van der Waals surface area (Å²) in [7, 11) is 0. The van der Waals surface area contributed by atoms with Crippen molar-refractivity contribution in [2.24, 2.45) is 10.2 Å². The van der Waals surface area contributed by atoms with Gasteiger partial charge < -0.3 is 20.5 Å². The summed E-state index contributed by atoms with van der Waals surface area (Å²) >= 11 is 0. The van der Waals surface area contributed by atoms with Gasteiger partial charge in [-0.15, -0.1) is 10.2 Å². The lowest BCUT2D eigenvalue weighted by Crippen LogP contribution is -2.41. The van der Waals surface area contributed by atoms with Gasteiger partial charge in [-0.05, 0) is 35.9 Å². The Morgan fingerprint density at radius 2 is 1.59 bits per heavy atom. The van der Waals surface area contributed by atoms with E-state index in [0.717, 1.165) is 5.56 Å². The number of benzene rings is 3. The summed E-state index contributed by atoms with van der Waals surface area (Å²) < 4.78 is 0. The molecular formula is C24H20N4O4. The molecule has 0 aliphatic carbocycles. The van der Waals surface area contributed by atoms with Crippen LogP contribution in [0.4, 0.5) is 5.69 Å². The van der Waals surface area contributed by atoms with Crippen LogP contribution < -0.4 is 5.32 Å². The number of aromatic hydroxyl groups is 2. The third-order valence-corrected chi connectivity index (χ3v) is 4.92. The van der Waals surface area contributed by atoms with Crippen molar-refractivity contribution in [2.75, 3.05) is 0 Å². The number of rotatable bonds is 6. The van der Waals surface area contributed by atoms with E-state index >= 15 is 0 Å². The predicted octanol–water partition coefficient (Wildman–Crippen LogP) is 4.23. The molecule has 0 radical (unpaired) electrons. The van der Waals surface area contributed by atoms with Crippen molar-refractivity contribution < 1.29 is 19.8 Å². The molecule has 8 heteroatoms. The van der Waals surface area contributed by atoms with Gasteiger partial charge in [0.05, 0.1) is 5.52 Å². The first kappa shape index (κ1) is 20.8. The Hall–Kier alpha value is -4.46. The maximum Gasteiger partial charge on any atom is 0.287 e. The molecule has 0 bridgehead atoms. The van der Waals surface area contributed by atoms with Gasteiger partial charge in [-0.1, -0.05) is 48.5 Å². The van der Waals surface area contributed by atoms with E-state index in [4.69, 9.17) is 0 Å². The summed E-state index contributed by atoms with van der Waals surface area (Å²) in [5.41, 5.74) is 1.93. The van der Waals surface area contributed by atoms with E-state index < -0.39 is 17.9 Å². The highest BCUT2D eigenvalue weighted by atomic mass is 16.3. The van der Waals surface area contributed by atoms with E-state index in [2.05, 4.69) is 20.5 Å². The largest absolute Gasteiger partial charge is 0.508 e. The third-order valence-electron chi connectivity index (χ3n) is 4.92. The van der Waals surface area contributed by atoms with Crippen molar-refractivity contribution in [1.29, 1.82) is 0 Å². The van der Waals surface area contributed by atoms with Gasteiger partial charge in [0, 0.05) is 17.4 Å². The Labute approximate surface area is 183 Å². The summed E-state index contributed by atoms with van der Waals surface area (Å²) in [6.07, 6.45) is 0.149. The monoisotopic (exact) mass is 428 g/mol. The molecule has 1 heterocycles. The molecule has 0 aliphatic rings. The molecule has 0 spiro atoms. The van der Waals surface area contributed by atoms with Crippen molar-refractivity contribution in [3.63, 3.8) is 0 Å². The van der Waals surface area contributed by atoms with Crippen LogP contribution in [-0.4, -0.2) is 33.1 Å². The SMILES string of the molecule is O=C(NC(Cc1ccc(O)cc1)C(=O)N=Nc1c(O)[nH]c2ccccc12)c1ccccc1. The number of para-hydroxylation sites is 1. The molecule has 0 saturated heterocycles. The summed E-state index contributed by atoms with van der Waals surface area (Å²) in [4.78, 5) is 28.3. The molecule has 0 saturated carbocycles. The lowest BCUT2D eigenvalue weighted by molar-refractivity contribution is -0.120. The number of aromatic nitrogens is 1. The minimum atomic E-state index is -0.997. The third kappa shape index (κ3) is 4.65. The quantitative estimate of drug-likeness (QED) is 0.343. The highest BCUT2D eigenvalue weighted by molar-refractivity contribution is 5.98.